The Labute approximate surface area is 178 Å². The number of amides is 1. The van der Waals surface area contributed by atoms with Gasteiger partial charge in [0.05, 0.1) is 29.6 Å². The van der Waals surface area contributed by atoms with Gasteiger partial charge in [0, 0.05) is 19.9 Å². The lowest BCUT2D eigenvalue weighted by Crippen LogP contribution is -2.29. The van der Waals surface area contributed by atoms with Crippen LogP contribution in [0.5, 0.6) is 0 Å². The minimum absolute atomic E-state index is 0.0183. The van der Waals surface area contributed by atoms with Crippen molar-refractivity contribution in [3.8, 4) is 0 Å². The second-order valence-electron chi connectivity index (χ2n) is 7.25. The van der Waals surface area contributed by atoms with Gasteiger partial charge in [-0.05, 0) is 17.7 Å². The summed E-state index contributed by atoms with van der Waals surface area (Å²) in [5.74, 6) is -0.402. The summed E-state index contributed by atoms with van der Waals surface area (Å²) in [6, 6.07) is 16.7. The summed E-state index contributed by atoms with van der Waals surface area (Å²) in [4.78, 5) is 41.4. The van der Waals surface area contributed by atoms with Crippen molar-refractivity contribution in [1.82, 2.24) is 14.6 Å². The first-order valence-electron chi connectivity index (χ1n) is 10.1. The number of nitrogens with zero attached hydrogens (tertiary/aromatic N) is 4. The highest BCUT2D eigenvalue weighted by Gasteiger charge is 2.22. The molecule has 3 aromatic rings. The van der Waals surface area contributed by atoms with Gasteiger partial charge in [0.25, 0.3) is 11.5 Å². The van der Waals surface area contributed by atoms with Gasteiger partial charge in [-0.3, -0.25) is 19.0 Å². The minimum Gasteiger partial charge on any atom is -0.455 e. The number of rotatable bonds is 6. The van der Waals surface area contributed by atoms with Crippen LogP contribution >= 0.6 is 0 Å². The number of ether oxygens (including phenoxy) is 1. The fourth-order valence-corrected chi connectivity index (χ4v) is 3.46. The van der Waals surface area contributed by atoms with Crippen molar-refractivity contribution in [2.75, 3.05) is 13.2 Å². The minimum atomic E-state index is -0.526. The molecule has 8 heteroatoms. The molecule has 1 aliphatic rings. The van der Waals surface area contributed by atoms with Crippen LogP contribution in [0.15, 0.2) is 64.5 Å². The Bertz CT molecular complexity index is 1220. The highest BCUT2D eigenvalue weighted by Crippen LogP contribution is 2.14. The van der Waals surface area contributed by atoms with Gasteiger partial charge in [0.2, 0.25) is 0 Å². The largest absolute Gasteiger partial charge is 0.455 e. The number of esters is 1. The number of aryl methyl sites for hydroxylation is 1. The number of carbonyl (C=O) groups is 2. The zero-order chi connectivity index (χ0) is 21.8. The molecule has 2 aromatic carbocycles. The summed E-state index contributed by atoms with van der Waals surface area (Å²) < 4.78 is 6.56. The maximum absolute atomic E-state index is 12.4. The maximum Gasteiger partial charge on any atom is 0.306 e. The molecular formula is C23H22N4O4. The van der Waals surface area contributed by atoms with E-state index in [1.807, 2.05) is 36.4 Å². The molecule has 0 atom stereocenters. The molecule has 0 saturated heterocycles. The molecule has 31 heavy (non-hydrogen) atoms. The second-order valence-corrected chi connectivity index (χ2v) is 7.25. The van der Waals surface area contributed by atoms with Gasteiger partial charge in [-0.2, -0.15) is 5.10 Å². The van der Waals surface area contributed by atoms with Crippen molar-refractivity contribution < 1.29 is 14.3 Å². The van der Waals surface area contributed by atoms with Crippen molar-refractivity contribution in [3.63, 3.8) is 0 Å². The molecule has 1 amide bonds. The zero-order valence-electron chi connectivity index (χ0n) is 17.2. The first-order valence-corrected chi connectivity index (χ1v) is 10.1. The van der Waals surface area contributed by atoms with Gasteiger partial charge in [-0.1, -0.05) is 42.5 Å². The molecule has 0 aliphatic carbocycles. The summed E-state index contributed by atoms with van der Waals surface area (Å²) in [5, 5.41) is 6.21. The van der Waals surface area contributed by atoms with Crippen molar-refractivity contribution in [3.05, 3.63) is 76.3 Å². The van der Waals surface area contributed by atoms with Crippen LogP contribution in [0.2, 0.25) is 0 Å². The molecule has 8 nitrogen and oxygen atoms in total. The summed E-state index contributed by atoms with van der Waals surface area (Å²) in [7, 11) is 1.63. The molecule has 158 valence electrons. The van der Waals surface area contributed by atoms with E-state index in [9.17, 15) is 14.4 Å². The summed E-state index contributed by atoms with van der Waals surface area (Å²) in [6.07, 6.45) is 0.916. The number of fused-ring (bicyclic) bond motifs is 1. The fourth-order valence-electron chi connectivity index (χ4n) is 3.46. The Morgan fingerprint density at radius 1 is 1.06 bits per heavy atom. The average molecular weight is 418 g/mol. The Morgan fingerprint density at radius 3 is 2.61 bits per heavy atom. The molecule has 0 N–H and O–H groups in total. The molecule has 2 heterocycles. The average Bonchev–Trinajstić information content (AvgIpc) is 3.30. The first kappa shape index (κ1) is 20.5. The third-order valence-corrected chi connectivity index (χ3v) is 5.18. The van der Waals surface area contributed by atoms with Gasteiger partial charge in [0.1, 0.15) is 5.82 Å². The molecule has 0 bridgehead atoms. The van der Waals surface area contributed by atoms with Crippen molar-refractivity contribution in [1.29, 1.82) is 0 Å². The summed E-state index contributed by atoms with van der Waals surface area (Å²) in [5.41, 5.74) is 2.24. The normalized spacial score (nSPS) is 13.3. The number of hydrogen-bond donors (Lipinski definition) is 0. The number of hydrogen-bond acceptors (Lipinski definition) is 6. The van der Waals surface area contributed by atoms with E-state index in [1.54, 1.807) is 25.2 Å². The van der Waals surface area contributed by atoms with Crippen LogP contribution in [-0.2, 0) is 27.8 Å². The Balaban J connectivity index is 1.31. The van der Waals surface area contributed by atoms with Crippen LogP contribution in [0.1, 0.15) is 24.2 Å². The molecular weight excluding hydrogens is 396 g/mol. The standard InChI is InChI=1S/C23H22N4O4/c1-26-20(24-19-10-6-5-9-17(19)23(26)30)11-12-22(29)31-15-21(28)27-14-13-18(25-27)16-7-3-2-4-8-16/h2-10H,11-15H2,1H3. The van der Waals surface area contributed by atoms with Crippen LogP contribution in [0, 0.1) is 0 Å². The molecule has 0 unspecified atom stereocenters. The topological polar surface area (TPSA) is 93.9 Å². The second kappa shape index (κ2) is 8.91. The van der Waals surface area contributed by atoms with Gasteiger partial charge in [0.15, 0.2) is 6.61 Å². The first-order chi connectivity index (χ1) is 15.0. The van der Waals surface area contributed by atoms with E-state index in [0.717, 1.165) is 11.3 Å². The van der Waals surface area contributed by atoms with E-state index in [1.165, 1.54) is 9.58 Å². The quantitative estimate of drug-likeness (QED) is 0.571. The number of para-hydroxylation sites is 1. The van der Waals surface area contributed by atoms with E-state index >= 15 is 0 Å². The van der Waals surface area contributed by atoms with E-state index < -0.39 is 5.97 Å². The molecule has 0 radical (unpaired) electrons. The van der Waals surface area contributed by atoms with E-state index in [-0.39, 0.29) is 30.9 Å². The predicted molar refractivity (Wildman–Crippen MR) is 116 cm³/mol. The molecule has 0 fully saturated rings. The van der Waals surface area contributed by atoms with Crippen LogP contribution in [0.4, 0.5) is 0 Å². The lowest BCUT2D eigenvalue weighted by Gasteiger charge is -2.12. The van der Waals surface area contributed by atoms with Crippen LogP contribution in [-0.4, -0.2) is 45.3 Å². The lowest BCUT2D eigenvalue weighted by molar-refractivity contribution is -0.151. The van der Waals surface area contributed by atoms with E-state index in [0.29, 0.717) is 29.7 Å². The van der Waals surface area contributed by atoms with Gasteiger partial charge in [-0.15, -0.1) is 0 Å². The molecule has 4 rings (SSSR count). The summed E-state index contributed by atoms with van der Waals surface area (Å²) >= 11 is 0. The Hall–Kier alpha value is -3.81. The molecule has 0 spiro atoms. The third kappa shape index (κ3) is 4.53. The fraction of sp³-hybridized carbons (Fsp3) is 0.261. The number of carbonyl (C=O) groups excluding carboxylic acids is 2. The monoisotopic (exact) mass is 418 g/mol. The van der Waals surface area contributed by atoms with Crippen molar-refractivity contribution >= 4 is 28.5 Å². The predicted octanol–water partition coefficient (Wildman–Crippen LogP) is 2.05. The number of aromatic nitrogens is 2. The van der Waals surface area contributed by atoms with Crippen LogP contribution in [0.25, 0.3) is 10.9 Å². The SMILES string of the molecule is Cn1c(CCC(=O)OCC(=O)N2CCC(c3ccccc3)=N2)nc2ccccc2c1=O. The van der Waals surface area contributed by atoms with Crippen molar-refractivity contribution in [2.45, 2.75) is 19.3 Å². The smallest absolute Gasteiger partial charge is 0.306 e. The number of benzene rings is 2. The zero-order valence-corrected chi connectivity index (χ0v) is 17.2. The van der Waals surface area contributed by atoms with Crippen molar-refractivity contribution in [2.24, 2.45) is 12.1 Å². The molecule has 0 saturated carbocycles. The van der Waals surface area contributed by atoms with Gasteiger partial charge >= 0.3 is 5.97 Å². The van der Waals surface area contributed by atoms with Crippen LogP contribution < -0.4 is 5.56 Å². The van der Waals surface area contributed by atoms with Crippen LogP contribution in [0.3, 0.4) is 0 Å². The van der Waals surface area contributed by atoms with E-state index in [4.69, 9.17) is 4.74 Å². The highest BCUT2D eigenvalue weighted by molar-refractivity contribution is 6.02. The maximum atomic E-state index is 12.4. The third-order valence-electron chi connectivity index (χ3n) is 5.18. The molecule has 1 aliphatic heterocycles. The number of hydrazone groups is 1. The Morgan fingerprint density at radius 2 is 1.81 bits per heavy atom. The highest BCUT2D eigenvalue weighted by atomic mass is 16.5. The molecule has 1 aromatic heterocycles. The summed E-state index contributed by atoms with van der Waals surface area (Å²) in [6.45, 7) is 0.0955. The lowest BCUT2D eigenvalue weighted by atomic mass is 10.1. The van der Waals surface area contributed by atoms with Gasteiger partial charge in [-0.25, -0.2) is 9.99 Å². The van der Waals surface area contributed by atoms with Gasteiger partial charge < -0.3 is 4.74 Å². The van der Waals surface area contributed by atoms with E-state index in [2.05, 4.69) is 10.1 Å². The Kier molecular flexibility index (Phi) is 5.88.